The first-order valence-corrected chi connectivity index (χ1v) is 5.62. The summed E-state index contributed by atoms with van der Waals surface area (Å²) in [6.45, 7) is 4.21. The second kappa shape index (κ2) is 6.49. The van der Waals surface area contributed by atoms with Crippen LogP contribution in [0.5, 0.6) is 5.75 Å². The molecule has 0 aliphatic carbocycles. The normalized spacial score (nSPS) is 9.67. The van der Waals surface area contributed by atoms with Crippen molar-refractivity contribution < 1.29 is 4.74 Å². The van der Waals surface area contributed by atoms with Gasteiger partial charge >= 0.3 is 0 Å². The Balaban J connectivity index is 2.66. The van der Waals surface area contributed by atoms with E-state index < -0.39 is 0 Å². The van der Waals surface area contributed by atoms with Crippen molar-refractivity contribution in [2.75, 3.05) is 13.2 Å². The molecule has 0 saturated carbocycles. The van der Waals surface area contributed by atoms with Gasteiger partial charge in [0, 0.05) is 6.54 Å². The molecular formula is C12H14BrNO. The summed E-state index contributed by atoms with van der Waals surface area (Å²) >= 11 is 3.45. The number of rotatable bonds is 5. The molecule has 0 atom stereocenters. The lowest BCUT2D eigenvalue weighted by atomic mass is 10.2. The Bertz CT molecular complexity index is 357. The van der Waals surface area contributed by atoms with Crippen LogP contribution in [0.4, 0.5) is 0 Å². The fourth-order valence-electron chi connectivity index (χ4n) is 1.16. The molecule has 0 amide bonds. The van der Waals surface area contributed by atoms with E-state index in [-0.39, 0.29) is 0 Å². The van der Waals surface area contributed by atoms with Crippen LogP contribution in [0, 0.1) is 12.3 Å². The highest BCUT2D eigenvalue weighted by Gasteiger charge is 2.01. The summed E-state index contributed by atoms with van der Waals surface area (Å²) in [6, 6.07) is 5.99. The molecule has 0 aromatic heterocycles. The molecule has 1 aromatic carbocycles. The van der Waals surface area contributed by atoms with Crippen LogP contribution >= 0.6 is 15.9 Å². The van der Waals surface area contributed by atoms with E-state index in [2.05, 4.69) is 34.1 Å². The zero-order valence-electron chi connectivity index (χ0n) is 8.72. The van der Waals surface area contributed by atoms with E-state index in [4.69, 9.17) is 11.2 Å². The maximum absolute atomic E-state index is 5.34. The van der Waals surface area contributed by atoms with Crippen LogP contribution in [0.1, 0.15) is 12.5 Å². The molecule has 1 N–H and O–H groups in total. The second-order valence-corrected chi connectivity index (χ2v) is 3.89. The molecule has 0 unspecified atom stereocenters. The average molecular weight is 268 g/mol. The van der Waals surface area contributed by atoms with E-state index in [0.29, 0.717) is 6.61 Å². The van der Waals surface area contributed by atoms with E-state index in [9.17, 15) is 0 Å². The van der Waals surface area contributed by atoms with E-state index in [0.717, 1.165) is 23.3 Å². The van der Waals surface area contributed by atoms with Gasteiger partial charge in [0.2, 0.25) is 0 Å². The van der Waals surface area contributed by atoms with Gasteiger partial charge in [0.15, 0.2) is 0 Å². The number of terminal acetylenes is 1. The van der Waals surface area contributed by atoms with Crippen LogP contribution in [0.25, 0.3) is 0 Å². The molecule has 80 valence electrons. The first-order chi connectivity index (χ1) is 7.27. The van der Waals surface area contributed by atoms with Crippen molar-refractivity contribution in [3.63, 3.8) is 0 Å². The van der Waals surface area contributed by atoms with Gasteiger partial charge in [0.1, 0.15) is 12.4 Å². The van der Waals surface area contributed by atoms with Gasteiger partial charge in [-0.05, 0) is 40.2 Å². The Hall–Kier alpha value is -0.980. The monoisotopic (exact) mass is 267 g/mol. The van der Waals surface area contributed by atoms with Crippen molar-refractivity contribution in [1.29, 1.82) is 0 Å². The summed E-state index contributed by atoms with van der Waals surface area (Å²) in [6.07, 6.45) is 5.12. The van der Waals surface area contributed by atoms with Crippen LogP contribution in [-0.2, 0) is 6.54 Å². The van der Waals surface area contributed by atoms with Gasteiger partial charge < -0.3 is 10.1 Å². The summed E-state index contributed by atoms with van der Waals surface area (Å²) in [5.74, 6) is 3.22. The summed E-state index contributed by atoms with van der Waals surface area (Å²) in [7, 11) is 0. The van der Waals surface area contributed by atoms with Gasteiger partial charge in [-0.2, -0.15) is 0 Å². The second-order valence-electron chi connectivity index (χ2n) is 3.04. The fourth-order valence-corrected chi connectivity index (χ4v) is 1.70. The number of ether oxygens (including phenoxy) is 1. The highest BCUT2D eigenvalue weighted by atomic mass is 79.9. The minimum absolute atomic E-state index is 0.297. The van der Waals surface area contributed by atoms with Crippen LogP contribution < -0.4 is 10.1 Å². The van der Waals surface area contributed by atoms with Crippen molar-refractivity contribution in [1.82, 2.24) is 5.32 Å². The Morgan fingerprint density at radius 2 is 2.33 bits per heavy atom. The molecule has 0 heterocycles. The summed E-state index contributed by atoms with van der Waals surface area (Å²) in [5.41, 5.74) is 1.22. The standard InChI is InChI=1S/C12H14BrNO/c1-3-7-15-12-6-5-10(8-11(12)13)9-14-4-2/h1,5-6,8,14H,4,7,9H2,2H3. The van der Waals surface area contributed by atoms with Gasteiger partial charge in [0.05, 0.1) is 4.47 Å². The molecule has 15 heavy (non-hydrogen) atoms. The Labute approximate surface area is 99.2 Å². The first kappa shape index (κ1) is 12.1. The minimum atomic E-state index is 0.297. The number of hydrogen-bond acceptors (Lipinski definition) is 2. The summed E-state index contributed by atoms with van der Waals surface area (Å²) < 4.78 is 6.28. The van der Waals surface area contributed by atoms with Crippen molar-refractivity contribution in [2.45, 2.75) is 13.5 Å². The van der Waals surface area contributed by atoms with E-state index in [1.165, 1.54) is 5.56 Å². The molecule has 0 saturated heterocycles. The average Bonchev–Trinajstić information content (AvgIpc) is 2.25. The highest BCUT2D eigenvalue weighted by molar-refractivity contribution is 9.10. The van der Waals surface area contributed by atoms with Crippen LogP contribution in [0.3, 0.4) is 0 Å². The van der Waals surface area contributed by atoms with Gasteiger partial charge in [-0.1, -0.05) is 18.9 Å². The SMILES string of the molecule is C#CCOc1ccc(CNCC)cc1Br. The zero-order chi connectivity index (χ0) is 11.1. The van der Waals surface area contributed by atoms with E-state index in [1.54, 1.807) is 0 Å². The maximum Gasteiger partial charge on any atom is 0.148 e. The van der Waals surface area contributed by atoms with Crippen molar-refractivity contribution in [2.24, 2.45) is 0 Å². The van der Waals surface area contributed by atoms with Gasteiger partial charge in [-0.15, -0.1) is 6.42 Å². The molecule has 0 aliphatic heterocycles. The maximum atomic E-state index is 5.34. The van der Waals surface area contributed by atoms with Gasteiger partial charge in [-0.25, -0.2) is 0 Å². The summed E-state index contributed by atoms with van der Waals surface area (Å²) in [4.78, 5) is 0. The quantitative estimate of drug-likeness (QED) is 0.829. The molecule has 3 heteroatoms. The molecule has 0 radical (unpaired) electrons. The van der Waals surface area contributed by atoms with Crippen LogP contribution in [0.2, 0.25) is 0 Å². The Morgan fingerprint density at radius 3 is 2.93 bits per heavy atom. The van der Waals surface area contributed by atoms with Gasteiger partial charge in [-0.3, -0.25) is 0 Å². The number of halogens is 1. The third-order valence-electron chi connectivity index (χ3n) is 1.89. The third kappa shape index (κ3) is 3.94. The zero-order valence-corrected chi connectivity index (χ0v) is 10.3. The van der Waals surface area contributed by atoms with Crippen molar-refractivity contribution in [3.05, 3.63) is 28.2 Å². The third-order valence-corrected chi connectivity index (χ3v) is 2.51. The Kier molecular flexibility index (Phi) is 5.23. The lowest BCUT2D eigenvalue weighted by Gasteiger charge is -2.07. The van der Waals surface area contributed by atoms with E-state index >= 15 is 0 Å². The lowest BCUT2D eigenvalue weighted by molar-refractivity contribution is 0.368. The largest absolute Gasteiger partial charge is 0.480 e. The minimum Gasteiger partial charge on any atom is -0.480 e. The molecule has 0 spiro atoms. The van der Waals surface area contributed by atoms with E-state index in [1.807, 2.05) is 18.2 Å². The number of hydrogen-bond donors (Lipinski definition) is 1. The number of nitrogens with one attached hydrogen (secondary N) is 1. The highest BCUT2D eigenvalue weighted by Crippen LogP contribution is 2.25. The van der Waals surface area contributed by atoms with Crippen LogP contribution in [-0.4, -0.2) is 13.2 Å². The smallest absolute Gasteiger partial charge is 0.148 e. The molecule has 0 fully saturated rings. The van der Waals surface area contributed by atoms with Crippen molar-refractivity contribution >= 4 is 15.9 Å². The lowest BCUT2D eigenvalue weighted by Crippen LogP contribution is -2.11. The molecule has 2 nitrogen and oxygen atoms in total. The van der Waals surface area contributed by atoms with Gasteiger partial charge in [0.25, 0.3) is 0 Å². The van der Waals surface area contributed by atoms with Crippen LogP contribution in [0.15, 0.2) is 22.7 Å². The molecule has 1 aromatic rings. The number of benzene rings is 1. The van der Waals surface area contributed by atoms with Crippen molar-refractivity contribution in [3.8, 4) is 18.1 Å². The fraction of sp³-hybridized carbons (Fsp3) is 0.333. The summed E-state index contributed by atoms with van der Waals surface area (Å²) in [5, 5.41) is 3.26. The molecular weight excluding hydrogens is 254 g/mol. The molecule has 0 bridgehead atoms. The first-order valence-electron chi connectivity index (χ1n) is 4.83. The predicted octanol–water partition coefficient (Wildman–Crippen LogP) is 2.57. The predicted molar refractivity (Wildman–Crippen MR) is 65.9 cm³/mol. The topological polar surface area (TPSA) is 21.3 Å². The Morgan fingerprint density at radius 1 is 1.53 bits per heavy atom. The molecule has 1 rings (SSSR count). The molecule has 0 aliphatic rings.